The van der Waals surface area contributed by atoms with Crippen molar-refractivity contribution in [3.63, 3.8) is 0 Å². The number of aryl methyl sites for hydroxylation is 2. The molecule has 5 nitrogen and oxygen atoms in total. The summed E-state index contributed by atoms with van der Waals surface area (Å²) in [6.45, 7) is 5.08. The fourth-order valence-electron chi connectivity index (χ4n) is 3.79. The van der Waals surface area contributed by atoms with Crippen molar-refractivity contribution >= 4 is 17.4 Å². The summed E-state index contributed by atoms with van der Waals surface area (Å²) in [7, 11) is 3.95. The maximum absolute atomic E-state index is 13.0. The molecule has 0 spiro atoms. The fourth-order valence-corrected chi connectivity index (χ4v) is 3.79. The van der Waals surface area contributed by atoms with Crippen LogP contribution in [-0.4, -0.2) is 53.8 Å². The molecular formula is C24H28N2O3. The maximum Gasteiger partial charge on any atom is 0.295 e. The molecule has 1 amide bonds. The van der Waals surface area contributed by atoms with Gasteiger partial charge in [0.25, 0.3) is 11.7 Å². The van der Waals surface area contributed by atoms with Crippen LogP contribution in [0, 0.1) is 13.8 Å². The van der Waals surface area contributed by atoms with Gasteiger partial charge in [0.2, 0.25) is 0 Å². The van der Waals surface area contributed by atoms with Crippen LogP contribution in [0.15, 0.2) is 54.1 Å². The standard InChI is InChI=1S/C24H28N2O3/c1-16-11-12-17(2)19(15-16)22(27)20-21(18-9-6-5-7-10-18)26(24(29)23(20)28)14-8-13-25(3)4/h5-7,9-12,15,21,27H,8,13-14H2,1-4H3/b22-20-. The highest BCUT2D eigenvalue weighted by Crippen LogP contribution is 2.39. The van der Waals surface area contributed by atoms with Crippen LogP contribution in [0.4, 0.5) is 0 Å². The minimum atomic E-state index is -0.623. The molecule has 0 bridgehead atoms. The normalized spacial score (nSPS) is 18.7. The van der Waals surface area contributed by atoms with Gasteiger partial charge in [-0.1, -0.05) is 48.0 Å². The molecule has 5 heteroatoms. The number of amides is 1. The molecule has 1 aliphatic heterocycles. The van der Waals surface area contributed by atoms with Crippen molar-refractivity contribution in [2.45, 2.75) is 26.3 Å². The molecule has 1 unspecified atom stereocenters. The topological polar surface area (TPSA) is 60.9 Å². The molecule has 1 heterocycles. The molecule has 1 saturated heterocycles. The summed E-state index contributed by atoms with van der Waals surface area (Å²) in [5.41, 5.74) is 3.42. The zero-order valence-corrected chi connectivity index (χ0v) is 17.5. The molecule has 0 aromatic heterocycles. The second-order valence-corrected chi connectivity index (χ2v) is 7.88. The van der Waals surface area contributed by atoms with Gasteiger partial charge >= 0.3 is 0 Å². The Morgan fingerprint density at radius 2 is 1.76 bits per heavy atom. The molecule has 0 radical (unpaired) electrons. The van der Waals surface area contributed by atoms with Gasteiger partial charge in [-0.15, -0.1) is 0 Å². The number of rotatable bonds is 6. The molecule has 2 aromatic rings. The lowest BCUT2D eigenvalue weighted by Crippen LogP contribution is -2.32. The first kappa shape index (κ1) is 20.8. The van der Waals surface area contributed by atoms with E-state index in [0.717, 1.165) is 29.7 Å². The van der Waals surface area contributed by atoms with Crippen LogP contribution >= 0.6 is 0 Å². The summed E-state index contributed by atoms with van der Waals surface area (Å²) >= 11 is 0. The SMILES string of the molecule is Cc1ccc(C)c(/C(O)=C2/C(=O)C(=O)N(CCCN(C)C)C2c2ccccc2)c1. The van der Waals surface area contributed by atoms with Crippen molar-refractivity contribution in [1.82, 2.24) is 9.80 Å². The van der Waals surface area contributed by atoms with Gasteiger partial charge in [-0.3, -0.25) is 9.59 Å². The van der Waals surface area contributed by atoms with E-state index in [1.807, 2.05) is 81.4 Å². The highest BCUT2D eigenvalue weighted by Gasteiger charge is 2.45. The minimum absolute atomic E-state index is 0.103. The zero-order chi connectivity index (χ0) is 21.1. The number of ketones is 1. The van der Waals surface area contributed by atoms with Crippen molar-refractivity contribution < 1.29 is 14.7 Å². The van der Waals surface area contributed by atoms with E-state index in [2.05, 4.69) is 0 Å². The predicted octanol–water partition coefficient (Wildman–Crippen LogP) is 3.68. The Labute approximate surface area is 172 Å². The Morgan fingerprint density at radius 3 is 2.41 bits per heavy atom. The average Bonchev–Trinajstić information content (AvgIpc) is 2.94. The maximum atomic E-state index is 13.0. The largest absolute Gasteiger partial charge is 0.507 e. The monoisotopic (exact) mass is 392 g/mol. The molecule has 1 atom stereocenters. The number of benzene rings is 2. The quantitative estimate of drug-likeness (QED) is 0.463. The fraction of sp³-hybridized carbons (Fsp3) is 0.333. The van der Waals surface area contributed by atoms with E-state index < -0.39 is 17.7 Å². The first-order valence-corrected chi connectivity index (χ1v) is 9.87. The van der Waals surface area contributed by atoms with Crippen LogP contribution in [-0.2, 0) is 9.59 Å². The van der Waals surface area contributed by atoms with Gasteiger partial charge in [-0.05, 0) is 58.1 Å². The Balaban J connectivity index is 2.12. The molecule has 1 N–H and O–H groups in total. The molecule has 3 rings (SSSR count). The van der Waals surface area contributed by atoms with Crippen LogP contribution < -0.4 is 0 Å². The number of carbonyl (C=O) groups is 2. The van der Waals surface area contributed by atoms with Crippen molar-refractivity contribution in [2.24, 2.45) is 0 Å². The Bertz CT molecular complexity index is 948. The number of hydrogen-bond acceptors (Lipinski definition) is 4. The Kier molecular flexibility index (Phi) is 6.18. The summed E-state index contributed by atoms with van der Waals surface area (Å²) in [5.74, 6) is -1.28. The summed E-state index contributed by atoms with van der Waals surface area (Å²) in [4.78, 5) is 29.5. The Morgan fingerprint density at radius 1 is 1.07 bits per heavy atom. The third-order valence-corrected chi connectivity index (χ3v) is 5.31. The van der Waals surface area contributed by atoms with E-state index in [9.17, 15) is 14.7 Å². The molecule has 152 valence electrons. The van der Waals surface area contributed by atoms with E-state index >= 15 is 0 Å². The van der Waals surface area contributed by atoms with Crippen LogP contribution in [0.2, 0.25) is 0 Å². The molecule has 1 fully saturated rings. The number of likely N-dealkylation sites (tertiary alicyclic amines) is 1. The molecular weight excluding hydrogens is 364 g/mol. The molecule has 0 aliphatic carbocycles. The lowest BCUT2D eigenvalue weighted by molar-refractivity contribution is -0.139. The van der Waals surface area contributed by atoms with E-state index in [1.165, 1.54) is 0 Å². The number of hydrogen-bond donors (Lipinski definition) is 1. The lowest BCUT2D eigenvalue weighted by Gasteiger charge is -2.26. The van der Waals surface area contributed by atoms with Crippen LogP contribution in [0.1, 0.15) is 34.7 Å². The van der Waals surface area contributed by atoms with Crippen molar-refractivity contribution in [1.29, 1.82) is 0 Å². The van der Waals surface area contributed by atoms with E-state index in [1.54, 1.807) is 4.90 Å². The van der Waals surface area contributed by atoms with E-state index in [4.69, 9.17) is 0 Å². The van der Waals surface area contributed by atoms with Gasteiger partial charge in [0.05, 0.1) is 11.6 Å². The third kappa shape index (κ3) is 4.25. The molecule has 1 aliphatic rings. The smallest absolute Gasteiger partial charge is 0.295 e. The van der Waals surface area contributed by atoms with E-state index in [-0.39, 0.29) is 11.3 Å². The van der Waals surface area contributed by atoms with Gasteiger partial charge in [0, 0.05) is 12.1 Å². The first-order chi connectivity index (χ1) is 13.8. The average molecular weight is 392 g/mol. The van der Waals surface area contributed by atoms with Crippen LogP contribution in [0.3, 0.4) is 0 Å². The highest BCUT2D eigenvalue weighted by atomic mass is 16.3. The Hall–Kier alpha value is -2.92. The molecule has 29 heavy (non-hydrogen) atoms. The van der Waals surface area contributed by atoms with Gasteiger partial charge < -0.3 is 14.9 Å². The predicted molar refractivity (Wildman–Crippen MR) is 115 cm³/mol. The first-order valence-electron chi connectivity index (χ1n) is 9.87. The second kappa shape index (κ2) is 8.62. The van der Waals surface area contributed by atoms with Crippen molar-refractivity contribution in [3.8, 4) is 0 Å². The zero-order valence-electron chi connectivity index (χ0n) is 17.5. The number of carbonyl (C=O) groups excluding carboxylic acids is 2. The van der Waals surface area contributed by atoms with Gasteiger partial charge in [0.15, 0.2) is 0 Å². The summed E-state index contributed by atoms with van der Waals surface area (Å²) < 4.78 is 0. The number of Topliss-reactive ketones (excluding diaryl/α,β-unsaturated/α-hetero) is 1. The van der Waals surface area contributed by atoms with Crippen molar-refractivity contribution in [2.75, 3.05) is 27.2 Å². The molecule has 0 saturated carbocycles. The minimum Gasteiger partial charge on any atom is -0.507 e. The lowest BCUT2D eigenvalue weighted by atomic mass is 9.93. The van der Waals surface area contributed by atoms with Gasteiger partial charge in [0.1, 0.15) is 5.76 Å². The van der Waals surface area contributed by atoms with Gasteiger partial charge in [-0.2, -0.15) is 0 Å². The third-order valence-electron chi connectivity index (χ3n) is 5.31. The van der Waals surface area contributed by atoms with Gasteiger partial charge in [-0.25, -0.2) is 0 Å². The van der Waals surface area contributed by atoms with E-state index in [0.29, 0.717) is 12.1 Å². The number of aliphatic hydroxyl groups is 1. The number of nitrogens with zero attached hydrogens (tertiary/aromatic N) is 2. The van der Waals surface area contributed by atoms with Crippen LogP contribution in [0.25, 0.3) is 5.76 Å². The van der Waals surface area contributed by atoms with Crippen molar-refractivity contribution in [3.05, 3.63) is 76.4 Å². The second-order valence-electron chi connectivity index (χ2n) is 7.88. The highest BCUT2D eigenvalue weighted by molar-refractivity contribution is 6.46. The summed E-state index contributed by atoms with van der Waals surface area (Å²) in [6, 6.07) is 14.6. The number of aliphatic hydroxyl groups excluding tert-OH is 1. The molecule has 2 aromatic carbocycles. The van der Waals surface area contributed by atoms with Crippen LogP contribution in [0.5, 0.6) is 0 Å². The summed E-state index contributed by atoms with van der Waals surface area (Å²) in [5, 5.41) is 11.1. The summed E-state index contributed by atoms with van der Waals surface area (Å²) in [6.07, 6.45) is 0.743.